The summed E-state index contributed by atoms with van der Waals surface area (Å²) in [5.41, 5.74) is 0. The van der Waals surface area contributed by atoms with Crippen molar-refractivity contribution in [1.29, 1.82) is 0 Å². The molecule has 0 aliphatic rings. The molecule has 0 heterocycles. The van der Waals surface area contributed by atoms with Gasteiger partial charge in [0.2, 0.25) is 0 Å². The summed E-state index contributed by atoms with van der Waals surface area (Å²) in [5.74, 6) is 0. The van der Waals surface area contributed by atoms with E-state index in [9.17, 15) is 0 Å². The van der Waals surface area contributed by atoms with Gasteiger partial charge in [-0.05, 0) is 25.9 Å². The van der Waals surface area contributed by atoms with E-state index in [0.717, 1.165) is 0 Å². The van der Waals surface area contributed by atoms with Gasteiger partial charge >= 0.3 is 0 Å². The van der Waals surface area contributed by atoms with Crippen molar-refractivity contribution in [2.45, 2.75) is 26.7 Å². The van der Waals surface area contributed by atoms with Crippen LogP contribution in [0, 0.1) is 0 Å². The van der Waals surface area contributed by atoms with Crippen LogP contribution >= 0.6 is 0 Å². The highest BCUT2D eigenvalue weighted by atomic mass is 15.1. The van der Waals surface area contributed by atoms with Crippen LogP contribution < -0.4 is 5.32 Å². The van der Waals surface area contributed by atoms with E-state index in [-0.39, 0.29) is 0 Å². The number of hydrogen-bond acceptors (Lipinski definition) is 1. The van der Waals surface area contributed by atoms with Crippen LogP contribution in [0.25, 0.3) is 0 Å². The standard InChI is InChI=1S/C9H22N2/c1-4-7-11(8-5-2)9-6-10-3/h10H,4-9H2,1-3H3/p+1. The lowest BCUT2D eigenvalue weighted by Gasteiger charge is -2.19. The maximum absolute atomic E-state index is 2.54. The van der Waals surface area contributed by atoms with Crippen LogP contribution in [0.5, 0.6) is 0 Å². The molecule has 0 aliphatic carbocycles. The first-order valence-electron chi connectivity index (χ1n) is 4.85. The number of hydrogen-bond donors (Lipinski definition) is 1. The number of nitrogens with two attached hydrogens (primary N) is 1. The van der Waals surface area contributed by atoms with E-state index in [1.165, 1.54) is 39.0 Å². The number of nitrogens with zero attached hydrogens (tertiary/aromatic N) is 1. The SMILES string of the molecule is CCCN(CCC)CC[NH2+]C. The third kappa shape index (κ3) is 6.32. The van der Waals surface area contributed by atoms with Crippen molar-refractivity contribution in [1.82, 2.24) is 4.90 Å². The summed E-state index contributed by atoms with van der Waals surface area (Å²) in [6.07, 6.45) is 2.56. The zero-order chi connectivity index (χ0) is 8.53. The van der Waals surface area contributed by atoms with E-state index in [1.807, 2.05) is 0 Å². The lowest BCUT2D eigenvalue weighted by atomic mass is 10.3. The lowest BCUT2D eigenvalue weighted by Crippen LogP contribution is -2.81. The first-order chi connectivity index (χ1) is 5.35. The van der Waals surface area contributed by atoms with E-state index in [4.69, 9.17) is 0 Å². The minimum absolute atomic E-state index is 1.24. The summed E-state index contributed by atoms with van der Waals surface area (Å²) in [6, 6.07) is 0. The fourth-order valence-corrected chi connectivity index (χ4v) is 1.28. The number of likely N-dealkylation sites (N-methyl/N-ethyl adjacent to an activating group) is 1. The van der Waals surface area contributed by atoms with E-state index < -0.39 is 0 Å². The van der Waals surface area contributed by atoms with Gasteiger partial charge in [-0.15, -0.1) is 0 Å². The van der Waals surface area contributed by atoms with Gasteiger partial charge in [0.05, 0.1) is 13.6 Å². The molecule has 0 atom stereocenters. The molecule has 0 spiro atoms. The van der Waals surface area contributed by atoms with Crippen molar-refractivity contribution in [3.63, 3.8) is 0 Å². The molecule has 2 heteroatoms. The summed E-state index contributed by atoms with van der Waals surface area (Å²) in [6.45, 7) is 9.51. The van der Waals surface area contributed by atoms with Gasteiger partial charge in [0.15, 0.2) is 0 Å². The van der Waals surface area contributed by atoms with Crippen molar-refractivity contribution in [3.8, 4) is 0 Å². The van der Waals surface area contributed by atoms with Crippen LogP contribution in [0.1, 0.15) is 26.7 Å². The average Bonchev–Trinajstić information content (AvgIpc) is 2.01. The van der Waals surface area contributed by atoms with Gasteiger partial charge in [-0.25, -0.2) is 0 Å². The Balaban J connectivity index is 3.34. The highest BCUT2D eigenvalue weighted by Crippen LogP contribution is 1.91. The first kappa shape index (κ1) is 10.9. The molecule has 0 bridgehead atoms. The molecule has 11 heavy (non-hydrogen) atoms. The van der Waals surface area contributed by atoms with E-state index >= 15 is 0 Å². The van der Waals surface area contributed by atoms with Crippen LogP contribution in [0.3, 0.4) is 0 Å². The second-order valence-electron chi connectivity index (χ2n) is 3.04. The van der Waals surface area contributed by atoms with Gasteiger partial charge < -0.3 is 5.32 Å². The van der Waals surface area contributed by atoms with Crippen molar-refractivity contribution in [3.05, 3.63) is 0 Å². The van der Waals surface area contributed by atoms with Gasteiger partial charge in [-0.3, -0.25) is 4.90 Å². The molecule has 0 unspecified atom stereocenters. The number of rotatable bonds is 7. The van der Waals surface area contributed by atoms with Gasteiger partial charge in [0.1, 0.15) is 0 Å². The Morgan fingerprint density at radius 3 is 1.91 bits per heavy atom. The molecule has 0 aliphatic heterocycles. The maximum Gasteiger partial charge on any atom is 0.0882 e. The second kappa shape index (κ2) is 8.02. The Bertz CT molecular complexity index is 68.0. The molecule has 68 valence electrons. The molecule has 2 nitrogen and oxygen atoms in total. The minimum atomic E-state index is 1.24. The Hall–Kier alpha value is -0.0800. The highest BCUT2D eigenvalue weighted by Gasteiger charge is 2.00. The molecular weight excluding hydrogens is 136 g/mol. The third-order valence-electron chi connectivity index (χ3n) is 1.81. The van der Waals surface area contributed by atoms with Gasteiger partial charge in [-0.2, -0.15) is 0 Å². The van der Waals surface area contributed by atoms with Crippen LogP contribution in [0.2, 0.25) is 0 Å². The molecule has 0 saturated heterocycles. The second-order valence-corrected chi connectivity index (χ2v) is 3.04. The van der Waals surface area contributed by atoms with E-state index in [2.05, 4.69) is 31.1 Å². The monoisotopic (exact) mass is 159 g/mol. The molecule has 0 saturated carbocycles. The zero-order valence-electron chi connectivity index (χ0n) is 8.27. The van der Waals surface area contributed by atoms with Crippen molar-refractivity contribution in [2.24, 2.45) is 0 Å². The predicted octanol–water partition coefficient (Wildman–Crippen LogP) is 0.302. The van der Waals surface area contributed by atoms with Crippen LogP contribution in [-0.2, 0) is 0 Å². The van der Waals surface area contributed by atoms with Crippen LogP contribution in [-0.4, -0.2) is 38.1 Å². The molecule has 0 fully saturated rings. The van der Waals surface area contributed by atoms with Crippen LogP contribution in [0.4, 0.5) is 0 Å². The average molecular weight is 159 g/mol. The Labute approximate surface area is 71.0 Å². The van der Waals surface area contributed by atoms with Gasteiger partial charge in [0, 0.05) is 6.54 Å². The molecule has 0 aromatic carbocycles. The topological polar surface area (TPSA) is 19.9 Å². The van der Waals surface area contributed by atoms with Gasteiger partial charge in [-0.1, -0.05) is 13.8 Å². The fraction of sp³-hybridized carbons (Fsp3) is 1.00. The molecule has 0 radical (unpaired) electrons. The minimum Gasteiger partial charge on any atom is -0.348 e. The third-order valence-corrected chi connectivity index (χ3v) is 1.81. The zero-order valence-corrected chi connectivity index (χ0v) is 8.27. The first-order valence-corrected chi connectivity index (χ1v) is 4.85. The molecule has 0 amide bonds. The molecule has 0 aromatic rings. The fourth-order valence-electron chi connectivity index (χ4n) is 1.28. The molecule has 0 aromatic heterocycles. The van der Waals surface area contributed by atoms with Crippen molar-refractivity contribution < 1.29 is 5.32 Å². The van der Waals surface area contributed by atoms with E-state index in [0.29, 0.717) is 0 Å². The lowest BCUT2D eigenvalue weighted by molar-refractivity contribution is -0.626. The smallest absolute Gasteiger partial charge is 0.0882 e. The maximum atomic E-state index is 2.54. The normalized spacial score (nSPS) is 10.9. The highest BCUT2D eigenvalue weighted by molar-refractivity contribution is 4.53. The largest absolute Gasteiger partial charge is 0.348 e. The summed E-state index contributed by atoms with van der Waals surface area (Å²) in [7, 11) is 2.13. The van der Waals surface area contributed by atoms with Crippen molar-refractivity contribution >= 4 is 0 Å². The van der Waals surface area contributed by atoms with Crippen molar-refractivity contribution in [2.75, 3.05) is 33.2 Å². The number of quaternary nitrogens is 1. The molecular formula is C9H23N2+. The summed E-state index contributed by atoms with van der Waals surface area (Å²) in [4.78, 5) is 2.54. The molecule has 2 N–H and O–H groups in total. The summed E-state index contributed by atoms with van der Waals surface area (Å²) in [5, 5.41) is 2.25. The van der Waals surface area contributed by atoms with Crippen LogP contribution in [0.15, 0.2) is 0 Å². The summed E-state index contributed by atoms with van der Waals surface area (Å²) < 4.78 is 0. The molecule has 0 rings (SSSR count). The Morgan fingerprint density at radius 2 is 1.55 bits per heavy atom. The summed E-state index contributed by atoms with van der Waals surface area (Å²) >= 11 is 0. The quantitative estimate of drug-likeness (QED) is 0.566. The predicted molar refractivity (Wildman–Crippen MR) is 49.7 cm³/mol. The Kier molecular flexibility index (Phi) is 7.96. The Morgan fingerprint density at radius 1 is 1.00 bits per heavy atom. The van der Waals surface area contributed by atoms with E-state index in [1.54, 1.807) is 0 Å². The van der Waals surface area contributed by atoms with Gasteiger partial charge in [0.25, 0.3) is 0 Å².